The molecule has 4 heterocycles. The first-order valence-corrected chi connectivity index (χ1v) is 16.7. The van der Waals surface area contributed by atoms with Gasteiger partial charge in [-0.2, -0.15) is 0 Å². The molecule has 2 unspecified atom stereocenters. The average Bonchev–Trinajstić information content (AvgIpc) is 3.83. The Morgan fingerprint density at radius 2 is 1.36 bits per heavy atom. The Bertz CT molecular complexity index is 1810. The minimum atomic E-state index is -0.539. The summed E-state index contributed by atoms with van der Waals surface area (Å²) in [6.07, 6.45) is 14.1. The van der Waals surface area contributed by atoms with E-state index in [0.29, 0.717) is 13.1 Å². The van der Waals surface area contributed by atoms with Gasteiger partial charge in [-0.25, -0.2) is 19.6 Å². The zero-order chi connectivity index (χ0) is 33.1. The third-order valence-electron chi connectivity index (χ3n) is 9.09. The van der Waals surface area contributed by atoms with Crippen molar-refractivity contribution >= 4 is 29.4 Å². The Morgan fingerprint density at radius 3 is 1.96 bits per heavy atom. The van der Waals surface area contributed by atoms with Crippen molar-refractivity contribution in [3.05, 3.63) is 76.8 Å². The van der Waals surface area contributed by atoms with Gasteiger partial charge in [-0.05, 0) is 101 Å². The van der Waals surface area contributed by atoms with Crippen molar-refractivity contribution in [3.63, 3.8) is 0 Å². The van der Waals surface area contributed by atoms with Gasteiger partial charge in [0.05, 0.1) is 35.9 Å². The molecule has 0 bridgehead atoms. The van der Waals surface area contributed by atoms with Crippen molar-refractivity contribution < 1.29 is 19.1 Å². The van der Waals surface area contributed by atoms with E-state index in [1.54, 1.807) is 9.80 Å². The number of benzene rings is 1. The summed E-state index contributed by atoms with van der Waals surface area (Å²) in [4.78, 5) is 45.7. The summed E-state index contributed by atoms with van der Waals surface area (Å²) >= 11 is 0. The molecule has 2 saturated heterocycles. The molecule has 2 aliphatic heterocycles. The Balaban J connectivity index is 1.05. The highest BCUT2D eigenvalue weighted by molar-refractivity contribution is 6.00. The largest absolute Gasteiger partial charge is 0.444 e. The minimum absolute atomic E-state index is 0.112. The van der Waals surface area contributed by atoms with Gasteiger partial charge < -0.3 is 19.4 Å². The number of carbonyl (C=O) groups is 2. The van der Waals surface area contributed by atoms with Crippen LogP contribution in [-0.4, -0.2) is 66.2 Å². The van der Waals surface area contributed by atoms with Gasteiger partial charge in [0, 0.05) is 25.1 Å². The van der Waals surface area contributed by atoms with E-state index < -0.39 is 11.2 Å². The molecule has 2 atom stereocenters. The van der Waals surface area contributed by atoms with Crippen molar-refractivity contribution in [3.8, 4) is 11.3 Å². The Labute approximate surface area is 276 Å². The molecule has 47 heavy (non-hydrogen) atoms. The zero-order valence-corrected chi connectivity index (χ0v) is 28.1. The van der Waals surface area contributed by atoms with Crippen LogP contribution in [0.25, 0.3) is 28.5 Å². The number of carbonyl (C=O) groups excluding carboxylic acids is 2. The lowest BCUT2D eigenvalue weighted by atomic mass is 9.91. The molecule has 3 aromatic rings. The first kappa shape index (κ1) is 31.0. The molecule has 2 amide bonds. The van der Waals surface area contributed by atoms with Crippen LogP contribution in [0.15, 0.2) is 48.3 Å². The van der Waals surface area contributed by atoms with Crippen LogP contribution in [0, 0.1) is 0 Å². The number of imidazole rings is 2. The van der Waals surface area contributed by atoms with E-state index in [-0.39, 0.29) is 24.3 Å². The molecule has 2 aliphatic carbocycles. The molecule has 0 spiro atoms. The number of ether oxygens (including phenoxy) is 2. The SMILES string of the molecule is CC(C)(C)OC(=O)N1CCCC1c1ncc(C2=CC=C3C(=Cc4cc(-c5cnc(C6CCCN6C(=O)OC(C)(C)C)[nH]5)ccc43)C2)[nH]1. The summed E-state index contributed by atoms with van der Waals surface area (Å²) < 4.78 is 11.3. The van der Waals surface area contributed by atoms with Gasteiger partial charge >= 0.3 is 12.2 Å². The summed E-state index contributed by atoms with van der Waals surface area (Å²) in [6, 6.07) is 6.29. The van der Waals surface area contributed by atoms with Crippen molar-refractivity contribution in [2.75, 3.05) is 13.1 Å². The number of aromatic nitrogens is 4. The number of likely N-dealkylation sites (tertiary alicyclic amines) is 2. The third-order valence-corrected chi connectivity index (χ3v) is 9.09. The molecule has 246 valence electrons. The smallest absolute Gasteiger partial charge is 0.410 e. The fourth-order valence-electron chi connectivity index (χ4n) is 7.01. The fraction of sp³-hybridized carbons (Fsp3) is 0.459. The lowest BCUT2D eigenvalue weighted by Gasteiger charge is -2.27. The maximum Gasteiger partial charge on any atom is 0.410 e. The van der Waals surface area contributed by atoms with Gasteiger partial charge in [0.25, 0.3) is 0 Å². The predicted molar refractivity (Wildman–Crippen MR) is 181 cm³/mol. The van der Waals surface area contributed by atoms with E-state index >= 15 is 0 Å². The molecule has 0 radical (unpaired) electrons. The van der Waals surface area contributed by atoms with Gasteiger partial charge in [0.15, 0.2) is 0 Å². The molecule has 2 aromatic heterocycles. The molecular formula is C37H44N6O4. The second-order valence-corrected chi connectivity index (χ2v) is 14.9. The van der Waals surface area contributed by atoms with Gasteiger partial charge in [-0.1, -0.05) is 30.4 Å². The van der Waals surface area contributed by atoms with Crippen LogP contribution in [0.4, 0.5) is 9.59 Å². The Morgan fingerprint density at radius 1 is 0.787 bits per heavy atom. The molecule has 1 aromatic carbocycles. The van der Waals surface area contributed by atoms with Crippen LogP contribution in [0.1, 0.15) is 114 Å². The zero-order valence-electron chi connectivity index (χ0n) is 28.1. The van der Waals surface area contributed by atoms with Crippen LogP contribution in [0.3, 0.4) is 0 Å². The summed E-state index contributed by atoms with van der Waals surface area (Å²) in [5, 5.41) is 0. The molecular weight excluding hydrogens is 592 g/mol. The van der Waals surface area contributed by atoms with E-state index in [1.165, 1.54) is 22.3 Å². The lowest BCUT2D eigenvalue weighted by molar-refractivity contribution is 0.0208. The molecule has 10 heteroatoms. The Kier molecular flexibility index (Phi) is 7.64. The lowest BCUT2D eigenvalue weighted by Crippen LogP contribution is -2.36. The van der Waals surface area contributed by atoms with Gasteiger partial charge in [0.1, 0.15) is 22.9 Å². The monoisotopic (exact) mass is 636 g/mol. The normalized spacial score (nSPS) is 20.9. The molecule has 7 rings (SSSR count). The van der Waals surface area contributed by atoms with Gasteiger partial charge in [-0.15, -0.1) is 0 Å². The predicted octanol–water partition coefficient (Wildman–Crippen LogP) is 8.21. The quantitative estimate of drug-likeness (QED) is 0.298. The number of amides is 2. The van der Waals surface area contributed by atoms with Crippen LogP contribution in [0.2, 0.25) is 0 Å². The van der Waals surface area contributed by atoms with E-state index in [0.717, 1.165) is 66.3 Å². The molecule has 2 N–H and O–H groups in total. The van der Waals surface area contributed by atoms with Gasteiger partial charge in [0.2, 0.25) is 0 Å². The Hall–Kier alpha value is -4.60. The maximum absolute atomic E-state index is 12.9. The van der Waals surface area contributed by atoms with E-state index in [4.69, 9.17) is 19.4 Å². The number of hydrogen-bond acceptors (Lipinski definition) is 6. The molecule has 10 nitrogen and oxygen atoms in total. The van der Waals surface area contributed by atoms with Gasteiger partial charge in [-0.3, -0.25) is 9.80 Å². The standard InChI is InChI=1S/C37H44N6O4/c1-36(2,3)46-34(44)42-15-7-9-30(42)32-38-20-28(40-32)22-11-13-26-24(17-22)19-25-18-23(12-14-27(25)26)29-21-39-33(41-29)31-10-8-16-43(31)35(45)47-37(4,5)6/h11-14,17,19-21,30-31H,7-10,15-16,18H2,1-6H3,(H,38,40)(H,39,41). The highest BCUT2D eigenvalue weighted by Gasteiger charge is 2.36. The number of nitrogens with one attached hydrogen (secondary N) is 2. The number of nitrogens with zero attached hydrogens (tertiary/aromatic N) is 4. The number of allylic oxidation sites excluding steroid dienone is 5. The first-order chi connectivity index (χ1) is 22.3. The number of H-pyrrole nitrogens is 2. The topological polar surface area (TPSA) is 116 Å². The van der Waals surface area contributed by atoms with Crippen LogP contribution in [0.5, 0.6) is 0 Å². The number of fused-ring (bicyclic) bond motifs is 3. The summed E-state index contributed by atoms with van der Waals surface area (Å²) in [7, 11) is 0. The van der Waals surface area contributed by atoms with Crippen molar-refractivity contribution in [2.24, 2.45) is 0 Å². The molecule has 2 fully saturated rings. The van der Waals surface area contributed by atoms with Crippen LogP contribution in [-0.2, 0) is 9.47 Å². The van der Waals surface area contributed by atoms with E-state index in [9.17, 15) is 9.59 Å². The van der Waals surface area contributed by atoms with Crippen molar-refractivity contribution in [2.45, 2.75) is 96.9 Å². The fourth-order valence-corrected chi connectivity index (χ4v) is 7.01. The van der Waals surface area contributed by atoms with Crippen LogP contribution >= 0.6 is 0 Å². The highest BCUT2D eigenvalue weighted by atomic mass is 16.6. The number of aromatic amines is 2. The highest BCUT2D eigenvalue weighted by Crippen LogP contribution is 2.44. The first-order valence-electron chi connectivity index (χ1n) is 16.7. The average molecular weight is 637 g/mol. The minimum Gasteiger partial charge on any atom is -0.444 e. The second kappa shape index (κ2) is 11.6. The van der Waals surface area contributed by atoms with E-state index in [2.05, 4.69) is 46.4 Å². The molecule has 0 saturated carbocycles. The second-order valence-electron chi connectivity index (χ2n) is 14.9. The van der Waals surface area contributed by atoms with Crippen molar-refractivity contribution in [1.82, 2.24) is 29.7 Å². The maximum atomic E-state index is 12.9. The van der Waals surface area contributed by atoms with Crippen molar-refractivity contribution in [1.29, 1.82) is 0 Å². The summed E-state index contributed by atoms with van der Waals surface area (Å²) in [5.41, 5.74) is 7.95. The van der Waals surface area contributed by atoms with E-state index in [1.807, 2.05) is 53.9 Å². The molecule has 4 aliphatic rings. The van der Waals surface area contributed by atoms with Crippen LogP contribution < -0.4 is 0 Å². The number of rotatable bonds is 4. The number of hydrogen-bond donors (Lipinski definition) is 2. The third kappa shape index (κ3) is 6.25. The summed E-state index contributed by atoms with van der Waals surface area (Å²) in [5.74, 6) is 1.59. The summed E-state index contributed by atoms with van der Waals surface area (Å²) in [6.45, 7) is 12.7.